The molecule has 3 fully saturated rings. The average Bonchev–Trinajstić information content (AvgIpc) is 3.88. The predicted molar refractivity (Wildman–Crippen MR) is 198 cm³/mol. The number of pyridine rings is 2. The lowest BCUT2D eigenvalue weighted by Crippen LogP contribution is -2.49. The molecule has 0 bridgehead atoms. The maximum atomic E-state index is 15.8. The smallest absolute Gasteiger partial charge is 0.253 e. The summed E-state index contributed by atoms with van der Waals surface area (Å²) in [6.45, 7) is 6.49. The highest BCUT2D eigenvalue weighted by atomic mass is 19.1. The van der Waals surface area contributed by atoms with E-state index < -0.39 is 34.1 Å². The number of rotatable bonds is 6. The summed E-state index contributed by atoms with van der Waals surface area (Å²) in [5, 5.41) is 11.6. The number of hydrogen-bond donors (Lipinski definition) is 1. The van der Waals surface area contributed by atoms with Crippen LogP contribution in [0.5, 0.6) is 0 Å². The summed E-state index contributed by atoms with van der Waals surface area (Å²) in [6.07, 6.45) is 4.66. The van der Waals surface area contributed by atoms with Gasteiger partial charge in [-0.3, -0.25) is 9.59 Å². The van der Waals surface area contributed by atoms with Crippen molar-refractivity contribution in [1.82, 2.24) is 29.5 Å². The molecule has 9 rings (SSSR count). The summed E-state index contributed by atoms with van der Waals surface area (Å²) < 4.78 is 70.3. The van der Waals surface area contributed by atoms with Crippen LogP contribution in [0.3, 0.4) is 0 Å². The number of piperazine rings is 2. The number of anilines is 2. The van der Waals surface area contributed by atoms with Crippen molar-refractivity contribution in [3.8, 4) is 28.6 Å². The van der Waals surface area contributed by atoms with E-state index in [0.29, 0.717) is 50.0 Å². The van der Waals surface area contributed by atoms with Gasteiger partial charge in [0.15, 0.2) is 0 Å². The lowest BCUT2D eigenvalue weighted by Gasteiger charge is -2.34. The molecule has 0 amide bonds. The Hall–Kier alpha value is -5.54. The molecule has 1 atom stereocenters. The monoisotopic (exact) mass is 740 g/mol. The molecule has 1 saturated carbocycles. The maximum absolute atomic E-state index is 15.8. The van der Waals surface area contributed by atoms with Crippen LogP contribution in [0.15, 0.2) is 68.9 Å². The van der Waals surface area contributed by atoms with Crippen LogP contribution in [0.2, 0.25) is 0 Å². The topological polar surface area (TPSA) is 105 Å². The first kappa shape index (κ1) is 34.2. The van der Waals surface area contributed by atoms with Gasteiger partial charge in [-0.05, 0) is 63.2 Å². The van der Waals surface area contributed by atoms with E-state index in [9.17, 15) is 14.0 Å². The third-order valence-electron chi connectivity index (χ3n) is 10.7. The molecule has 5 heterocycles. The number of nitrogens with zero attached hydrogens (tertiary/aromatic N) is 7. The van der Waals surface area contributed by atoms with Crippen molar-refractivity contribution < 1.29 is 22.0 Å². The third-order valence-corrected chi connectivity index (χ3v) is 10.7. The Morgan fingerprint density at radius 2 is 1.33 bits per heavy atom. The van der Waals surface area contributed by atoms with Gasteiger partial charge in [-0.1, -0.05) is 0 Å². The Morgan fingerprint density at radius 3 is 1.98 bits per heavy atom. The van der Waals surface area contributed by atoms with Crippen LogP contribution in [0.25, 0.3) is 50.4 Å². The minimum absolute atomic E-state index is 0.0199. The molecule has 3 aromatic carbocycles. The molecule has 2 aliphatic heterocycles. The van der Waals surface area contributed by atoms with E-state index in [1.165, 1.54) is 29.0 Å². The van der Waals surface area contributed by atoms with Crippen LogP contribution in [0.1, 0.15) is 25.8 Å². The number of halogens is 4. The zero-order chi connectivity index (χ0) is 37.4. The highest BCUT2D eigenvalue weighted by Gasteiger charge is 2.30. The fourth-order valence-electron chi connectivity index (χ4n) is 7.65. The minimum atomic E-state index is -0.918. The summed E-state index contributed by atoms with van der Waals surface area (Å²) in [6, 6.07) is 8.76. The van der Waals surface area contributed by atoms with Gasteiger partial charge in [0.25, 0.3) is 11.8 Å². The first-order chi connectivity index (χ1) is 26.0. The molecular weight excluding hydrogens is 704 g/mol. The molecule has 1 aliphatic carbocycles. The SMILES string of the molecule is CC1CN(c2cc3c(cc2F)c(=O)c(-c2nnc(-c4cn(C5CC5)c5cc(N6CCN(C)CC6)c(F)cc5c4=O)o2)cn3-c2ccc(F)cc2F)CCN1. The van der Waals surface area contributed by atoms with Crippen molar-refractivity contribution in [1.29, 1.82) is 0 Å². The quantitative estimate of drug-likeness (QED) is 0.223. The number of hydrogen-bond acceptors (Lipinski definition) is 9. The zero-order valence-electron chi connectivity index (χ0n) is 29.6. The van der Waals surface area contributed by atoms with Gasteiger partial charge in [0.1, 0.15) is 34.4 Å². The Bertz CT molecular complexity index is 2590. The molecule has 2 saturated heterocycles. The molecule has 278 valence electrons. The Balaban J connectivity index is 1.18. The van der Waals surface area contributed by atoms with Gasteiger partial charge >= 0.3 is 0 Å². The summed E-state index contributed by atoms with van der Waals surface area (Å²) in [4.78, 5) is 34.1. The lowest BCUT2D eigenvalue weighted by atomic mass is 10.1. The standard InChI is InChI=1S/C39H36F4N8O3/c1-21-18-49(8-7-44-21)35-17-33-25(15-30(35)43)37(53)27(20-51(33)31-6-3-22(40)13-28(31)41)39-46-45-38(54-39)26-19-50(23-4-5-23)32-16-34(29(42)14-24(32)36(26)52)48-11-9-47(2)10-12-48/h3,6,13-17,19-21,23,44H,4-5,7-12,18H2,1-2H3. The second-order valence-electron chi connectivity index (χ2n) is 14.5. The average molecular weight is 741 g/mol. The van der Waals surface area contributed by atoms with Crippen LogP contribution in [-0.2, 0) is 0 Å². The van der Waals surface area contributed by atoms with Gasteiger partial charge < -0.3 is 33.6 Å². The molecule has 0 spiro atoms. The lowest BCUT2D eigenvalue weighted by molar-refractivity contribution is 0.312. The van der Waals surface area contributed by atoms with Gasteiger partial charge in [-0.25, -0.2) is 17.6 Å². The first-order valence-electron chi connectivity index (χ1n) is 18.0. The largest absolute Gasteiger partial charge is 0.416 e. The number of nitrogens with one attached hydrogen (secondary N) is 1. The van der Waals surface area contributed by atoms with E-state index >= 15 is 13.2 Å². The summed E-state index contributed by atoms with van der Waals surface area (Å²) >= 11 is 0. The number of fused-ring (bicyclic) bond motifs is 2. The van der Waals surface area contributed by atoms with E-state index in [1.54, 1.807) is 12.3 Å². The Kier molecular flexibility index (Phi) is 8.30. The number of aromatic nitrogens is 4. The third kappa shape index (κ3) is 5.91. The maximum Gasteiger partial charge on any atom is 0.253 e. The molecule has 1 N–H and O–H groups in total. The summed E-state index contributed by atoms with van der Waals surface area (Å²) in [7, 11) is 2.02. The Morgan fingerprint density at radius 1 is 0.722 bits per heavy atom. The summed E-state index contributed by atoms with van der Waals surface area (Å²) in [5.74, 6) is -3.39. The van der Waals surface area contributed by atoms with Crippen molar-refractivity contribution in [2.45, 2.75) is 31.8 Å². The predicted octanol–water partition coefficient (Wildman–Crippen LogP) is 5.46. The molecule has 15 heteroatoms. The normalized spacial score (nSPS) is 18.3. The van der Waals surface area contributed by atoms with E-state index in [4.69, 9.17) is 4.42 Å². The Labute approximate surface area is 306 Å². The van der Waals surface area contributed by atoms with Crippen molar-refractivity contribution in [3.63, 3.8) is 0 Å². The van der Waals surface area contributed by atoms with Crippen LogP contribution < -0.4 is 26.0 Å². The van der Waals surface area contributed by atoms with Crippen molar-refractivity contribution >= 4 is 33.2 Å². The molecule has 3 aliphatic rings. The van der Waals surface area contributed by atoms with Gasteiger partial charge in [-0.15, -0.1) is 10.2 Å². The van der Waals surface area contributed by atoms with Crippen LogP contribution in [-0.4, -0.2) is 83.1 Å². The van der Waals surface area contributed by atoms with Crippen LogP contribution in [0.4, 0.5) is 28.9 Å². The molecule has 0 radical (unpaired) electrons. The highest BCUT2D eigenvalue weighted by Crippen LogP contribution is 2.39. The van der Waals surface area contributed by atoms with Crippen molar-refractivity contribution in [3.05, 3.63) is 98.6 Å². The number of benzene rings is 3. The highest BCUT2D eigenvalue weighted by molar-refractivity contribution is 5.89. The minimum Gasteiger partial charge on any atom is -0.416 e. The first-order valence-corrected chi connectivity index (χ1v) is 18.0. The van der Waals surface area contributed by atoms with E-state index in [2.05, 4.69) is 20.4 Å². The molecular formula is C39H36F4N8O3. The zero-order valence-corrected chi connectivity index (χ0v) is 29.6. The molecule has 54 heavy (non-hydrogen) atoms. The van der Waals surface area contributed by atoms with Gasteiger partial charge in [0.05, 0.1) is 28.1 Å². The van der Waals surface area contributed by atoms with Crippen molar-refractivity contribution in [2.75, 3.05) is 62.7 Å². The fourth-order valence-corrected chi connectivity index (χ4v) is 7.65. The van der Waals surface area contributed by atoms with E-state index in [1.807, 2.05) is 28.3 Å². The summed E-state index contributed by atoms with van der Waals surface area (Å²) in [5.41, 5.74) is -0.0390. The van der Waals surface area contributed by atoms with Gasteiger partial charge in [0.2, 0.25) is 10.9 Å². The second-order valence-corrected chi connectivity index (χ2v) is 14.5. The molecule has 6 aromatic rings. The van der Waals surface area contributed by atoms with E-state index in [-0.39, 0.29) is 62.7 Å². The second kappa shape index (κ2) is 13.1. The van der Waals surface area contributed by atoms with Crippen LogP contribution in [0, 0.1) is 23.3 Å². The van der Waals surface area contributed by atoms with E-state index in [0.717, 1.165) is 38.1 Å². The van der Waals surface area contributed by atoms with Crippen LogP contribution >= 0.6 is 0 Å². The molecule has 3 aromatic heterocycles. The number of likely N-dealkylation sites (N-methyl/N-ethyl adjacent to an activating group) is 1. The molecule has 1 unspecified atom stereocenters. The molecule has 11 nitrogen and oxygen atoms in total. The van der Waals surface area contributed by atoms with Gasteiger partial charge in [-0.2, -0.15) is 0 Å². The van der Waals surface area contributed by atoms with Gasteiger partial charge in [0, 0.05) is 87.1 Å². The fraction of sp³-hybridized carbons (Fsp3) is 0.333. The van der Waals surface area contributed by atoms with Crippen molar-refractivity contribution in [2.24, 2.45) is 0 Å².